The second-order valence-electron chi connectivity index (χ2n) is 1.90. The Labute approximate surface area is 83.3 Å². The molecule has 0 aliphatic heterocycles. The summed E-state index contributed by atoms with van der Waals surface area (Å²) in [4.78, 5) is 0. The van der Waals surface area contributed by atoms with E-state index in [-0.39, 0.29) is 0 Å². The third-order valence-electron chi connectivity index (χ3n) is 1.05. The molecule has 1 rings (SSSR count). The van der Waals surface area contributed by atoms with Gasteiger partial charge in [-0.25, -0.2) is 0 Å². The zero-order valence-corrected chi connectivity index (χ0v) is 8.48. The average molecular weight is 207 g/mol. The van der Waals surface area contributed by atoms with Crippen LogP contribution in [0, 0.1) is 0 Å². The Morgan fingerprint density at radius 3 is 1.83 bits per heavy atom. The van der Waals surface area contributed by atoms with E-state index >= 15 is 0 Å². The first kappa shape index (κ1) is 11.6. The van der Waals surface area contributed by atoms with Crippen molar-refractivity contribution in [2.75, 3.05) is 18.9 Å². The van der Waals surface area contributed by atoms with E-state index in [4.69, 9.17) is 27.9 Å². The molecule has 0 unspecified atom stereocenters. The van der Waals surface area contributed by atoms with Crippen molar-refractivity contribution >= 4 is 23.2 Å². The summed E-state index contributed by atoms with van der Waals surface area (Å²) in [6.45, 7) is 0. The van der Waals surface area contributed by atoms with Gasteiger partial charge in [0, 0.05) is 11.8 Å². The number of methoxy groups -OCH3 is 1. The maximum Gasteiger partial charge on any atom is 0.118 e. The fourth-order valence-electron chi connectivity index (χ4n) is 0.557. The minimum Gasteiger partial charge on any atom is -0.497 e. The maximum absolute atomic E-state index is 5.05. The van der Waals surface area contributed by atoms with Gasteiger partial charge < -0.3 is 4.74 Å². The van der Waals surface area contributed by atoms with Gasteiger partial charge in [-0.3, -0.25) is 0 Å². The molecule has 1 aromatic rings. The summed E-state index contributed by atoms with van der Waals surface area (Å²) in [5.74, 6) is 2.02. The van der Waals surface area contributed by atoms with Gasteiger partial charge in [0.2, 0.25) is 0 Å². The topological polar surface area (TPSA) is 9.23 Å². The maximum atomic E-state index is 5.05. The first-order chi connectivity index (χ1) is 5.85. The number of hydrogen-bond donors (Lipinski definition) is 0. The normalized spacial score (nSPS) is 8.25. The standard InChI is InChI=1S/C7H8O.C2H4Cl2/c1-8-7-5-3-2-4-6-7;3-1-2-4/h2-6H,1H3;1-2H2. The zero-order valence-electron chi connectivity index (χ0n) is 6.97. The number of alkyl halides is 2. The smallest absolute Gasteiger partial charge is 0.118 e. The first-order valence-corrected chi connectivity index (χ1v) is 4.63. The Hall–Kier alpha value is -0.400. The molecule has 0 heterocycles. The van der Waals surface area contributed by atoms with Crippen LogP contribution in [0.3, 0.4) is 0 Å². The lowest BCUT2D eigenvalue weighted by molar-refractivity contribution is 0.415. The molecule has 12 heavy (non-hydrogen) atoms. The molecule has 0 aromatic heterocycles. The summed E-state index contributed by atoms with van der Waals surface area (Å²) in [5, 5.41) is 0. The highest BCUT2D eigenvalue weighted by atomic mass is 35.5. The van der Waals surface area contributed by atoms with E-state index in [9.17, 15) is 0 Å². The van der Waals surface area contributed by atoms with E-state index in [1.165, 1.54) is 0 Å². The third-order valence-corrected chi connectivity index (χ3v) is 1.62. The van der Waals surface area contributed by atoms with Gasteiger partial charge in [0.15, 0.2) is 0 Å². The summed E-state index contributed by atoms with van der Waals surface area (Å²) in [6.07, 6.45) is 0. The molecule has 0 saturated heterocycles. The number of rotatable bonds is 2. The fraction of sp³-hybridized carbons (Fsp3) is 0.333. The molecule has 0 aliphatic rings. The van der Waals surface area contributed by atoms with Crippen LogP contribution in [0.4, 0.5) is 0 Å². The van der Waals surface area contributed by atoms with Crippen LogP contribution < -0.4 is 4.74 Å². The highest BCUT2D eigenvalue weighted by molar-refractivity contribution is 6.25. The van der Waals surface area contributed by atoms with Gasteiger partial charge in [-0.05, 0) is 12.1 Å². The van der Waals surface area contributed by atoms with Crippen LogP contribution in [-0.4, -0.2) is 18.9 Å². The molecule has 3 heteroatoms. The van der Waals surface area contributed by atoms with E-state index in [1.54, 1.807) is 7.11 Å². The summed E-state index contributed by atoms with van der Waals surface area (Å²) >= 11 is 10.1. The van der Waals surface area contributed by atoms with E-state index in [0.717, 1.165) is 5.75 Å². The number of para-hydroxylation sites is 1. The Morgan fingerprint density at radius 2 is 1.58 bits per heavy atom. The SMILES string of the molecule is COc1ccccc1.ClCCCl. The Balaban J connectivity index is 0.000000261. The summed E-state index contributed by atoms with van der Waals surface area (Å²) in [6, 6.07) is 9.68. The van der Waals surface area contributed by atoms with Crippen molar-refractivity contribution in [1.82, 2.24) is 0 Å². The van der Waals surface area contributed by atoms with E-state index in [0.29, 0.717) is 11.8 Å². The van der Waals surface area contributed by atoms with Gasteiger partial charge in [0.25, 0.3) is 0 Å². The average Bonchev–Trinajstić information content (AvgIpc) is 2.19. The summed E-state index contributed by atoms with van der Waals surface area (Å²) in [7, 11) is 1.66. The Kier molecular flexibility index (Phi) is 8.40. The lowest BCUT2D eigenvalue weighted by Crippen LogP contribution is -1.78. The van der Waals surface area contributed by atoms with Crippen LogP contribution >= 0.6 is 23.2 Å². The van der Waals surface area contributed by atoms with Gasteiger partial charge in [-0.1, -0.05) is 18.2 Å². The monoisotopic (exact) mass is 206 g/mol. The van der Waals surface area contributed by atoms with Crippen LogP contribution in [0.2, 0.25) is 0 Å². The summed E-state index contributed by atoms with van der Waals surface area (Å²) in [5.41, 5.74) is 0. The van der Waals surface area contributed by atoms with E-state index < -0.39 is 0 Å². The van der Waals surface area contributed by atoms with Gasteiger partial charge in [-0.2, -0.15) is 0 Å². The number of hydrogen-bond acceptors (Lipinski definition) is 1. The highest BCUT2D eigenvalue weighted by Crippen LogP contribution is 2.05. The van der Waals surface area contributed by atoms with Crippen LogP contribution in [0.25, 0.3) is 0 Å². The van der Waals surface area contributed by atoms with Crippen molar-refractivity contribution in [2.45, 2.75) is 0 Å². The molecule has 0 saturated carbocycles. The fourth-order valence-corrected chi connectivity index (χ4v) is 0.557. The van der Waals surface area contributed by atoms with Crippen LogP contribution in [0.1, 0.15) is 0 Å². The van der Waals surface area contributed by atoms with E-state index in [2.05, 4.69) is 0 Å². The molecular formula is C9H12Cl2O. The molecule has 68 valence electrons. The van der Waals surface area contributed by atoms with Gasteiger partial charge in [-0.15, -0.1) is 23.2 Å². The predicted molar refractivity (Wildman–Crippen MR) is 54.4 cm³/mol. The van der Waals surface area contributed by atoms with Gasteiger partial charge in [0.05, 0.1) is 7.11 Å². The third kappa shape index (κ3) is 6.32. The summed E-state index contributed by atoms with van der Waals surface area (Å²) < 4.78 is 4.91. The second kappa shape index (κ2) is 8.69. The first-order valence-electron chi connectivity index (χ1n) is 3.56. The van der Waals surface area contributed by atoms with Crippen molar-refractivity contribution in [3.8, 4) is 5.75 Å². The molecule has 0 fully saturated rings. The molecule has 0 spiro atoms. The molecule has 0 radical (unpaired) electrons. The number of halogens is 2. The van der Waals surface area contributed by atoms with Crippen molar-refractivity contribution in [2.24, 2.45) is 0 Å². The van der Waals surface area contributed by atoms with Crippen molar-refractivity contribution in [3.63, 3.8) is 0 Å². The Morgan fingerprint density at radius 1 is 1.08 bits per heavy atom. The molecule has 0 bridgehead atoms. The predicted octanol–water partition coefficient (Wildman–Crippen LogP) is 3.16. The molecule has 0 atom stereocenters. The molecule has 0 N–H and O–H groups in total. The minimum absolute atomic E-state index is 0.557. The lowest BCUT2D eigenvalue weighted by Gasteiger charge is -1.93. The van der Waals surface area contributed by atoms with Gasteiger partial charge >= 0.3 is 0 Å². The molecular weight excluding hydrogens is 195 g/mol. The van der Waals surface area contributed by atoms with Crippen LogP contribution in [-0.2, 0) is 0 Å². The van der Waals surface area contributed by atoms with Crippen molar-refractivity contribution < 1.29 is 4.74 Å². The highest BCUT2D eigenvalue weighted by Gasteiger charge is 1.80. The van der Waals surface area contributed by atoms with E-state index in [1.807, 2.05) is 30.3 Å². The largest absolute Gasteiger partial charge is 0.497 e. The second-order valence-corrected chi connectivity index (χ2v) is 2.65. The van der Waals surface area contributed by atoms with Crippen LogP contribution in [0.5, 0.6) is 5.75 Å². The molecule has 0 amide bonds. The minimum atomic E-state index is 0.557. The lowest BCUT2D eigenvalue weighted by atomic mass is 10.3. The molecule has 0 aliphatic carbocycles. The number of benzene rings is 1. The molecule has 1 nitrogen and oxygen atoms in total. The van der Waals surface area contributed by atoms with Crippen molar-refractivity contribution in [3.05, 3.63) is 30.3 Å². The van der Waals surface area contributed by atoms with Crippen molar-refractivity contribution in [1.29, 1.82) is 0 Å². The van der Waals surface area contributed by atoms with Crippen LogP contribution in [0.15, 0.2) is 30.3 Å². The quantitative estimate of drug-likeness (QED) is 0.677. The zero-order chi connectivity index (χ0) is 9.23. The Bertz CT molecular complexity index is 175. The van der Waals surface area contributed by atoms with Gasteiger partial charge in [0.1, 0.15) is 5.75 Å². The molecule has 1 aromatic carbocycles. The number of ether oxygens (including phenoxy) is 1.